The van der Waals surface area contributed by atoms with Gasteiger partial charge in [0.1, 0.15) is 5.75 Å². The van der Waals surface area contributed by atoms with Crippen LogP contribution in [0.15, 0.2) is 34.8 Å². The van der Waals surface area contributed by atoms with Crippen molar-refractivity contribution in [2.24, 2.45) is 0 Å². The molecule has 3 N–H and O–H groups in total. The van der Waals surface area contributed by atoms with Crippen LogP contribution in [-0.2, 0) is 14.4 Å². The molecule has 0 saturated carbocycles. The quantitative estimate of drug-likeness (QED) is 0.529. The lowest BCUT2D eigenvalue weighted by Gasteiger charge is -2.09. The third-order valence-corrected chi connectivity index (χ3v) is 2.74. The molecule has 0 aliphatic rings. The van der Waals surface area contributed by atoms with Crippen molar-refractivity contribution in [1.29, 1.82) is 0 Å². The fourth-order valence-electron chi connectivity index (χ4n) is 1.09. The molecule has 0 aliphatic heterocycles. The highest BCUT2D eigenvalue weighted by Crippen LogP contribution is 2.27. The molecule has 2 amide bonds. The van der Waals surface area contributed by atoms with Gasteiger partial charge >= 0.3 is 5.97 Å². The maximum Gasteiger partial charge on any atom is 0.328 e. The smallest absolute Gasteiger partial charge is 0.328 e. The highest BCUT2D eigenvalue weighted by Gasteiger charge is 2.07. The number of hydrazine groups is 1. The summed E-state index contributed by atoms with van der Waals surface area (Å²) < 4.78 is 5.92. The Hall–Kier alpha value is -2.06. The number of benzene rings is 1. The lowest BCUT2D eigenvalue weighted by atomic mass is 10.3. The van der Waals surface area contributed by atoms with Crippen LogP contribution in [0, 0.1) is 0 Å². The third-order valence-electron chi connectivity index (χ3n) is 1.96. The minimum Gasteiger partial charge on any atom is -0.482 e. The van der Waals surface area contributed by atoms with Gasteiger partial charge in [-0.05, 0) is 18.2 Å². The molecule has 112 valence electrons. The van der Waals surface area contributed by atoms with Crippen molar-refractivity contribution in [1.82, 2.24) is 10.9 Å². The van der Waals surface area contributed by atoms with Gasteiger partial charge in [0, 0.05) is 16.6 Å². The molecule has 9 heteroatoms. The number of halogens is 2. The Labute approximate surface area is 133 Å². The maximum atomic E-state index is 11.4. The summed E-state index contributed by atoms with van der Waals surface area (Å²) in [5.41, 5.74) is 4.04. The number of hydrogen-bond acceptors (Lipinski definition) is 4. The van der Waals surface area contributed by atoms with Crippen molar-refractivity contribution >= 4 is 45.3 Å². The average Bonchev–Trinajstić information content (AvgIpc) is 2.41. The van der Waals surface area contributed by atoms with Crippen LogP contribution in [0.4, 0.5) is 0 Å². The van der Waals surface area contributed by atoms with Gasteiger partial charge in [0.25, 0.3) is 11.8 Å². The fraction of sp³-hybridized carbons (Fsp3) is 0.0833. The van der Waals surface area contributed by atoms with Crippen molar-refractivity contribution < 1.29 is 24.2 Å². The topological polar surface area (TPSA) is 105 Å². The Morgan fingerprint density at radius 2 is 2.00 bits per heavy atom. The van der Waals surface area contributed by atoms with Gasteiger partial charge in [-0.3, -0.25) is 20.4 Å². The molecule has 0 radical (unpaired) electrons. The van der Waals surface area contributed by atoms with Crippen molar-refractivity contribution in [2.75, 3.05) is 6.61 Å². The van der Waals surface area contributed by atoms with Gasteiger partial charge in [0.2, 0.25) is 0 Å². The summed E-state index contributed by atoms with van der Waals surface area (Å²) in [6.07, 6.45) is 1.40. The predicted octanol–water partition coefficient (Wildman–Crippen LogP) is 1.27. The first kappa shape index (κ1) is 17.0. The van der Waals surface area contributed by atoms with Crippen molar-refractivity contribution in [2.45, 2.75) is 0 Å². The summed E-state index contributed by atoms with van der Waals surface area (Å²) >= 11 is 9.12. The molecule has 0 aliphatic carbocycles. The number of rotatable bonds is 5. The number of ether oxygens (including phenoxy) is 1. The summed E-state index contributed by atoms with van der Waals surface area (Å²) in [4.78, 5) is 32.6. The normalized spacial score (nSPS) is 10.2. The van der Waals surface area contributed by atoms with Crippen LogP contribution in [0.2, 0.25) is 5.02 Å². The zero-order chi connectivity index (χ0) is 15.8. The van der Waals surface area contributed by atoms with Gasteiger partial charge in [-0.2, -0.15) is 0 Å². The monoisotopic (exact) mass is 376 g/mol. The number of carbonyl (C=O) groups is 3. The standard InChI is InChI=1S/C12H10BrClN2O5/c13-7-1-2-9(8(14)5-7)21-6-11(18)16-15-10(17)3-4-12(19)20/h1-5H,6H2,(H,15,17)(H,16,18)(H,19,20). The van der Waals surface area contributed by atoms with E-state index in [0.29, 0.717) is 16.8 Å². The van der Waals surface area contributed by atoms with Gasteiger partial charge in [-0.25, -0.2) is 4.79 Å². The van der Waals surface area contributed by atoms with E-state index < -0.39 is 17.8 Å². The number of carboxylic acid groups (broad SMARTS) is 1. The molecule has 21 heavy (non-hydrogen) atoms. The number of amides is 2. The Bertz CT molecular complexity index is 591. The minimum atomic E-state index is -1.27. The lowest BCUT2D eigenvalue weighted by Crippen LogP contribution is -2.43. The molecule has 1 rings (SSSR count). The summed E-state index contributed by atoms with van der Waals surface area (Å²) in [6, 6.07) is 4.87. The van der Waals surface area contributed by atoms with Crippen LogP contribution in [0.5, 0.6) is 5.75 Å². The van der Waals surface area contributed by atoms with E-state index in [-0.39, 0.29) is 6.61 Å². The fourth-order valence-corrected chi connectivity index (χ4v) is 1.82. The van der Waals surface area contributed by atoms with E-state index >= 15 is 0 Å². The number of carboxylic acids is 1. The molecule has 0 unspecified atom stereocenters. The van der Waals surface area contributed by atoms with E-state index in [1.54, 1.807) is 18.2 Å². The second kappa shape index (κ2) is 8.28. The first-order valence-electron chi connectivity index (χ1n) is 5.46. The average molecular weight is 378 g/mol. The highest BCUT2D eigenvalue weighted by atomic mass is 79.9. The number of carbonyl (C=O) groups excluding carboxylic acids is 2. The molecule has 1 aromatic carbocycles. The molecule has 0 heterocycles. The summed E-state index contributed by atoms with van der Waals surface area (Å²) in [5.74, 6) is -2.38. The molecule has 0 aromatic heterocycles. The molecule has 1 aromatic rings. The second-order valence-corrected chi connectivity index (χ2v) is 4.90. The van der Waals surface area contributed by atoms with E-state index in [1.165, 1.54) is 0 Å². The van der Waals surface area contributed by atoms with Crippen LogP contribution in [-0.4, -0.2) is 29.5 Å². The lowest BCUT2D eigenvalue weighted by molar-refractivity contribution is -0.131. The van der Waals surface area contributed by atoms with Crippen molar-refractivity contribution in [3.05, 3.63) is 39.8 Å². The van der Waals surface area contributed by atoms with E-state index in [0.717, 1.165) is 10.5 Å². The first-order chi connectivity index (χ1) is 9.88. The first-order valence-corrected chi connectivity index (χ1v) is 6.63. The molecule has 0 atom stereocenters. The minimum absolute atomic E-state index is 0.312. The van der Waals surface area contributed by atoms with Gasteiger partial charge in [0.05, 0.1) is 5.02 Å². The van der Waals surface area contributed by atoms with Gasteiger partial charge < -0.3 is 9.84 Å². The molecular formula is C12H10BrClN2O5. The number of hydrogen-bond donors (Lipinski definition) is 3. The summed E-state index contributed by atoms with van der Waals surface area (Å²) in [7, 11) is 0. The molecule has 7 nitrogen and oxygen atoms in total. The molecule has 0 fully saturated rings. The highest BCUT2D eigenvalue weighted by molar-refractivity contribution is 9.10. The van der Waals surface area contributed by atoms with E-state index in [9.17, 15) is 14.4 Å². The largest absolute Gasteiger partial charge is 0.482 e. The molecule has 0 saturated heterocycles. The molecular weight excluding hydrogens is 367 g/mol. The summed E-state index contributed by atoms with van der Waals surface area (Å²) in [6.45, 7) is -0.371. The maximum absolute atomic E-state index is 11.4. The summed E-state index contributed by atoms with van der Waals surface area (Å²) in [5, 5.41) is 8.63. The number of aliphatic carboxylic acids is 1. The van der Waals surface area contributed by atoms with Crippen molar-refractivity contribution in [3.63, 3.8) is 0 Å². The van der Waals surface area contributed by atoms with E-state index in [1.807, 2.05) is 10.9 Å². The van der Waals surface area contributed by atoms with Crippen LogP contribution in [0.3, 0.4) is 0 Å². The van der Waals surface area contributed by atoms with E-state index in [4.69, 9.17) is 21.4 Å². The van der Waals surface area contributed by atoms with Gasteiger partial charge in [-0.15, -0.1) is 0 Å². The van der Waals surface area contributed by atoms with Crippen LogP contribution >= 0.6 is 27.5 Å². The van der Waals surface area contributed by atoms with E-state index in [2.05, 4.69) is 15.9 Å². The zero-order valence-electron chi connectivity index (χ0n) is 10.4. The van der Waals surface area contributed by atoms with Crippen LogP contribution in [0.25, 0.3) is 0 Å². The Morgan fingerprint density at radius 1 is 1.29 bits per heavy atom. The molecule has 0 spiro atoms. The van der Waals surface area contributed by atoms with Crippen LogP contribution < -0.4 is 15.6 Å². The Balaban J connectivity index is 2.37. The third kappa shape index (κ3) is 6.77. The SMILES string of the molecule is O=C(O)C=CC(=O)NNC(=O)COc1ccc(Br)cc1Cl. The van der Waals surface area contributed by atoms with Gasteiger partial charge in [0.15, 0.2) is 6.61 Å². The van der Waals surface area contributed by atoms with Crippen LogP contribution in [0.1, 0.15) is 0 Å². The zero-order valence-corrected chi connectivity index (χ0v) is 12.8. The Morgan fingerprint density at radius 3 is 2.62 bits per heavy atom. The second-order valence-electron chi connectivity index (χ2n) is 3.57. The molecule has 0 bridgehead atoms. The van der Waals surface area contributed by atoms with Gasteiger partial charge in [-0.1, -0.05) is 27.5 Å². The van der Waals surface area contributed by atoms with Crippen molar-refractivity contribution in [3.8, 4) is 5.75 Å². The predicted molar refractivity (Wildman–Crippen MR) is 77.7 cm³/mol. The number of nitrogens with one attached hydrogen (secondary N) is 2. The Kier molecular flexibility index (Phi) is 6.70.